The van der Waals surface area contributed by atoms with E-state index < -0.39 is 11.7 Å². The highest BCUT2D eigenvalue weighted by atomic mass is 79.9. The Balaban J connectivity index is 2.00. The second-order valence-electron chi connectivity index (χ2n) is 5.18. The molecule has 112 valence electrons. The quantitative estimate of drug-likeness (QED) is 0.687. The number of hydrogen-bond donors (Lipinski definition) is 1. The van der Waals surface area contributed by atoms with Crippen molar-refractivity contribution in [3.63, 3.8) is 0 Å². The van der Waals surface area contributed by atoms with Gasteiger partial charge in [-0.25, -0.2) is 0 Å². The van der Waals surface area contributed by atoms with Crippen LogP contribution in [0.4, 0.5) is 18.9 Å². The topological polar surface area (TPSA) is 12.0 Å². The fourth-order valence-corrected chi connectivity index (χ4v) is 3.59. The first-order valence-corrected chi connectivity index (χ1v) is 7.91. The summed E-state index contributed by atoms with van der Waals surface area (Å²) < 4.78 is 38.2. The SMILES string of the molecule is FC(F)(F)c1ccc(NCC2CCCC2CCl)c(Br)c1. The lowest BCUT2D eigenvalue weighted by Gasteiger charge is -2.19. The van der Waals surface area contributed by atoms with E-state index in [0.717, 1.165) is 31.5 Å². The lowest BCUT2D eigenvalue weighted by molar-refractivity contribution is -0.137. The third-order valence-electron chi connectivity index (χ3n) is 3.87. The van der Waals surface area contributed by atoms with Crippen LogP contribution >= 0.6 is 27.5 Å². The summed E-state index contributed by atoms with van der Waals surface area (Å²) >= 11 is 9.12. The van der Waals surface area contributed by atoms with Gasteiger partial charge in [0.05, 0.1) is 5.56 Å². The summed E-state index contributed by atoms with van der Waals surface area (Å²) in [5, 5.41) is 3.22. The largest absolute Gasteiger partial charge is 0.416 e. The van der Waals surface area contributed by atoms with Crippen molar-refractivity contribution >= 4 is 33.2 Å². The standard InChI is InChI=1S/C14H16BrClF3N/c15-12-6-11(14(17,18)19)4-5-13(12)20-8-10-3-1-2-9(10)7-16/h4-6,9-10,20H,1-3,7-8H2. The maximum Gasteiger partial charge on any atom is 0.416 e. The molecule has 1 aromatic rings. The maximum absolute atomic E-state index is 12.6. The normalized spacial score (nSPS) is 23.1. The number of rotatable bonds is 4. The molecule has 0 amide bonds. The van der Waals surface area contributed by atoms with Crippen LogP contribution in [-0.2, 0) is 6.18 Å². The van der Waals surface area contributed by atoms with Gasteiger partial charge in [-0.05, 0) is 58.8 Å². The van der Waals surface area contributed by atoms with Gasteiger partial charge in [-0.2, -0.15) is 13.2 Å². The molecule has 0 radical (unpaired) electrons. The fraction of sp³-hybridized carbons (Fsp3) is 0.571. The first-order chi connectivity index (χ1) is 9.41. The summed E-state index contributed by atoms with van der Waals surface area (Å²) in [7, 11) is 0. The van der Waals surface area contributed by atoms with Gasteiger partial charge >= 0.3 is 6.18 Å². The highest BCUT2D eigenvalue weighted by Crippen LogP contribution is 2.36. The molecule has 2 rings (SSSR count). The first-order valence-electron chi connectivity index (χ1n) is 6.58. The molecule has 1 aliphatic rings. The molecule has 2 unspecified atom stereocenters. The summed E-state index contributed by atoms with van der Waals surface area (Å²) in [6.07, 6.45) is -0.860. The Morgan fingerprint density at radius 1 is 1.25 bits per heavy atom. The van der Waals surface area contributed by atoms with Crippen LogP contribution in [0.1, 0.15) is 24.8 Å². The van der Waals surface area contributed by atoms with Crippen LogP contribution in [0.2, 0.25) is 0 Å². The molecule has 1 aromatic carbocycles. The average molecular weight is 371 g/mol. The molecule has 1 fully saturated rings. The Bertz CT molecular complexity index is 464. The van der Waals surface area contributed by atoms with Crippen LogP contribution < -0.4 is 5.32 Å². The second kappa shape index (κ2) is 6.56. The van der Waals surface area contributed by atoms with Crippen molar-refractivity contribution in [3.05, 3.63) is 28.2 Å². The molecule has 1 saturated carbocycles. The van der Waals surface area contributed by atoms with E-state index in [1.165, 1.54) is 12.5 Å². The minimum atomic E-state index is -4.31. The fourth-order valence-electron chi connectivity index (χ4n) is 2.66. The number of nitrogens with one attached hydrogen (secondary N) is 1. The minimum absolute atomic E-state index is 0.438. The van der Waals surface area contributed by atoms with Crippen molar-refractivity contribution in [2.24, 2.45) is 11.8 Å². The molecule has 0 aliphatic heterocycles. The van der Waals surface area contributed by atoms with E-state index in [1.807, 2.05) is 0 Å². The third kappa shape index (κ3) is 3.82. The van der Waals surface area contributed by atoms with Gasteiger partial charge in [-0.1, -0.05) is 6.42 Å². The number of anilines is 1. The molecular weight excluding hydrogens is 355 g/mol. The third-order valence-corrected chi connectivity index (χ3v) is 4.92. The number of hydrogen-bond acceptors (Lipinski definition) is 1. The Kier molecular flexibility index (Phi) is 5.24. The summed E-state index contributed by atoms with van der Waals surface area (Å²) in [5.74, 6) is 1.67. The van der Waals surface area contributed by atoms with Crippen molar-refractivity contribution in [2.45, 2.75) is 25.4 Å². The van der Waals surface area contributed by atoms with E-state index >= 15 is 0 Å². The maximum atomic E-state index is 12.6. The molecule has 0 aromatic heterocycles. The van der Waals surface area contributed by atoms with Crippen LogP contribution in [0.3, 0.4) is 0 Å². The van der Waals surface area contributed by atoms with E-state index in [0.29, 0.717) is 27.9 Å². The molecule has 0 saturated heterocycles. The van der Waals surface area contributed by atoms with E-state index in [9.17, 15) is 13.2 Å². The van der Waals surface area contributed by atoms with Gasteiger partial charge in [-0.15, -0.1) is 11.6 Å². The summed E-state index contributed by atoms with van der Waals surface area (Å²) in [6.45, 7) is 0.751. The van der Waals surface area contributed by atoms with Crippen molar-refractivity contribution in [1.29, 1.82) is 0 Å². The van der Waals surface area contributed by atoms with Crippen molar-refractivity contribution in [1.82, 2.24) is 0 Å². The highest BCUT2D eigenvalue weighted by Gasteiger charge is 2.31. The predicted molar refractivity (Wildman–Crippen MR) is 79.2 cm³/mol. The van der Waals surface area contributed by atoms with Crippen LogP contribution in [-0.4, -0.2) is 12.4 Å². The Morgan fingerprint density at radius 3 is 2.55 bits per heavy atom. The lowest BCUT2D eigenvalue weighted by Crippen LogP contribution is -2.19. The Labute approximate surface area is 130 Å². The van der Waals surface area contributed by atoms with Crippen molar-refractivity contribution in [2.75, 3.05) is 17.7 Å². The predicted octanol–water partition coefficient (Wildman–Crippen LogP) is 5.53. The molecule has 1 aliphatic carbocycles. The van der Waals surface area contributed by atoms with Gasteiger partial charge in [0.15, 0.2) is 0 Å². The van der Waals surface area contributed by atoms with E-state index in [2.05, 4.69) is 21.2 Å². The number of alkyl halides is 4. The molecule has 0 bridgehead atoms. The first kappa shape index (κ1) is 16.0. The molecule has 0 spiro atoms. The Hall–Kier alpha value is -0.420. The van der Waals surface area contributed by atoms with Gasteiger partial charge in [-0.3, -0.25) is 0 Å². The zero-order chi connectivity index (χ0) is 14.8. The molecule has 1 N–H and O–H groups in total. The number of benzene rings is 1. The van der Waals surface area contributed by atoms with Crippen LogP contribution in [0.25, 0.3) is 0 Å². The average Bonchev–Trinajstić information content (AvgIpc) is 2.83. The van der Waals surface area contributed by atoms with Crippen molar-refractivity contribution in [3.8, 4) is 0 Å². The summed E-state index contributed by atoms with van der Waals surface area (Å²) in [4.78, 5) is 0. The molecule has 6 heteroatoms. The smallest absolute Gasteiger partial charge is 0.384 e. The summed E-state index contributed by atoms with van der Waals surface area (Å²) in [5.41, 5.74) is 0.0487. The number of halogens is 5. The minimum Gasteiger partial charge on any atom is -0.384 e. The van der Waals surface area contributed by atoms with Gasteiger partial charge < -0.3 is 5.32 Å². The highest BCUT2D eigenvalue weighted by molar-refractivity contribution is 9.10. The van der Waals surface area contributed by atoms with Crippen LogP contribution in [0, 0.1) is 11.8 Å². The van der Waals surface area contributed by atoms with E-state index in [1.54, 1.807) is 0 Å². The van der Waals surface area contributed by atoms with Gasteiger partial charge in [0, 0.05) is 22.6 Å². The van der Waals surface area contributed by atoms with E-state index in [-0.39, 0.29) is 0 Å². The van der Waals surface area contributed by atoms with Crippen molar-refractivity contribution < 1.29 is 13.2 Å². The Morgan fingerprint density at radius 2 is 1.95 bits per heavy atom. The monoisotopic (exact) mass is 369 g/mol. The molecular formula is C14H16BrClF3N. The lowest BCUT2D eigenvalue weighted by atomic mass is 9.98. The van der Waals surface area contributed by atoms with Gasteiger partial charge in [0.1, 0.15) is 0 Å². The van der Waals surface area contributed by atoms with Gasteiger partial charge in [0.25, 0.3) is 0 Å². The second-order valence-corrected chi connectivity index (χ2v) is 6.34. The van der Waals surface area contributed by atoms with Crippen LogP contribution in [0.5, 0.6) is 0 Å². The van der Waals surface area contributed by atoms with E-state index in [4.69, 9.17) is 11.6 Å². The van der Waals surface area contributed by atoms with Crippen LogP contribution in [0.15, 0.2) is 22.7 Å². The summed E-state index contributed by atoms with van der Waals surface area (Å²) in [6, 6.07) is 3.67. The molecule has 20 heavy (non-hydrogen) atoms. The zero-order valence-electron chi connectivity index (χ0n) is 10.8. The molecule has 1 nitrogen and oxygen atoms in total. The molecule has 0 heterocycles. The molecule has 2 atom stereocenters. The zero-order valence-corrected chi connectivity index (χ0v) is 13.2. The van der Waals surface area contributed by atoms with Gasteiger partial charge in [0.2, 0.25) is 0 Å².